The van der Waals surface area contributed by atoms with Gasteiger partial charge in [-0.15, -0.1) is 0 Å². The standard InChI is InChI=1S/C27H28F2N7O2/c1-18-5-3-11-35(18)12-4-14-38-19-8-9-20-23(15-19)30-17-31-27(20)33-24-10-13-36(34-24)16-25(37)32-22-7-2-6-21(28)26(22)29/h2,6-10,13,15,17-18H,1,3-5,11-12,14,16H2,(H,32,37)(H,30,31,33,34)/t18-/m1/s1. The van der Waals surface area contributed by atoms with Crippen LogP contribution < -0.4 is 15.4 Å². The molecule has 38 heavy (non-hydrogen) atoms. The summed E-state index contributed by atoms with van der Waals surface area (Å²) < 4.78 is 34.5. The van der Waals surface area contributed by atoms with E-state index < -0.39 is 17.5 Å². The summed E-state index contributed by atoms with van der Waals surface area (Å²) in [6.45, 7) is 6.70. The van der Waals surface area contributed by atoms with Gasteiger partial charge in [0.15, 0.2) is 17.5 Å². The van der Waals surface area contributed by atoms with Gasteiger partial charge in [-0.05, 0) is 57.0 Å². The lowest BCUT2D eigenvalue weighted by Crippen LogP contribution is -2.28. The molecule has 1 aliphatic heterocycles. The molecule has 0 saturated carbocycles. The van der Waals surface area contributed by atoms with E-state index in [1.165, 1.54) is 29.6 Å². The van der Waals surface area contributed by atoms with Gasteiger partial charge in [-0.2, -0.15) is 5.10 Å². The second kappa shape index (κ2) is 11.5. The maximum absolute atomic E-state index is 13.8. The number of halogens is 2. The largest absolute Gasteiger partial charge is 0.493 e. The van der Waals surface area contributed by atoms with Gasteiger partial charge in [-0.1, -0.05) is 6.07 Å². The van der Waals surface area contributed by atoms with Crippen molar-refractivity contribution in [1.82, 2.24) is 24.6 Å². The number of amides is 1. The minimum atomic E-state index is -1.11. The van der Waals surface area contributed by atoms with Crippen LogP contribution in [0.25, 0.3) is 10.9 Å². The lowest BCUT2D eigenvalue weighted by molar-refractivity contribution is -0.116. The number of fused-ring (bicyclic) bond motifs is 1. The smallest absolute Gasteiger partial charge is 0.246 e. The lowest BCUT2D eigenvalue weighted by Gasteiger charge is -2.20. The van der Waals surface area contributed by atoms with Crippen molar-refractivity contribution in [1.29, 1.82) is 0 Å². The topological polar surface area (TPSA) is 97.2 Å². The van der Waals surface area contributed by atoms with Crippen LogP contribution in [0.2, 0.25) is 0 Å². The predicted octanol–water partition coefficient (Wildman–Crippen LogP) is 4.55. The number of ether oxygens (including phenoxy) is 1. The lowest BCUT2D eigenvalue weighted by atomic mass is 10.2. The molecule has 9 nitrogen and oxygen atoms in total. The summed E-state index contributed by atoms with van der Waals surface area (Å²) in [4.78, 5) is 23.4. The Kier molecular flexibility index (Phi) is 7.73. The average Bonchev–Trinajstić information content (AvgIpc) is 3.52. The number of carbonyl (C=O) groups excluding carboxylic acids is 1. The van der Waals surface area contributed by atoms with Gasteiger partial charge in [-0.25, -0.2) is 18.7 Å². The summed E-state index contributed by atoms with van der Waals surface area (Å²) in [5, 5.41) is 10.6. The summed E-state index contributed by atoms with van der Waals surface area (Å²) in [7, 11) is 0. The van der Waals surface area contributed by atoms with E-state index in [1.807, 2.05) is 18.2 Å². The first kappa shape index (κ1) is 25.5. The Labute approximate surface area is 218 Å². The maximum Gasteiger partial charge on any atom is 0.246 e. The molecular weight excluding hydrogens is 492 g/mol. The molecule has 197 valence electrons. The van der Waals surface area contributed by atoms with E-state index in [0.29, 0.717) is 29.8 Å². The van der Waals surface area contributed by atoms with Crippen LogP contribution in [0.3, 0.4) is 0 Å². The minimum absolute atomic E-state index is 0.184. The molecule has 2 aromatic heterocycles. The maximum atomic E-state index is 13.8. The van der Waals surface area contributed by atoms with Crippen molar-refractivity contribution in [3.8, 4) is 5.75 Å². The van der Waals surface area contributed by atoms with E-state index in [1.54, 1.807) is 12.3 Å². The summed E-state index contributed by atoms with van der Waals surface area (Å²) in [5.41, 5.74) is 0.489. The molecule has 11 heteroatoms. The quantitative estimate of drug-likeness (QED) is 0.296. The van der Waals surface area contributed by atoms with Crippen LogP contribution in [-0.2, 0) is 11.3 Å². The van der Waals surface area contributed by atoms with Crippen molar-refractivity contribution in [2.45, 2.75) is 31.8 Å². The molecular formula is C27H28F2N7O2. The number of nitrogens with zero attached hydrogens (tertiary/aromatic N) is 5. The van der Waals surface area contributed by atoms with Crippen LogP contribution in [0, 0.1) is 18.6 Å². The molecule has 1 radical (unpaired) electrons. The van der Waals surface area contributed by atoms with Gasteiger partial charge in [0.25, 0.3) is 0 Å². The molecule has 3 heterocycles. The second-order valence-electron chi connectivity index (χ2n) is 9.11. The second-order valence-corrected chi connectivity index (χ2v) is 9.11. The van der Waals surface area contributed by atoms with Crippen molar-refractivity contribution < 1.29 is 18.3 Å². The van der Waals surface area contributed by atoms with Crippen molar-refractivity contribution in [3.63, 3.8) is 0 Å². The van der Waals surface area contributed by atoms with E-state index in [-0.39, 0.29) is 12.2 Å². The Morgan fingerprint density at radius 1 is 1.18 bits per heavy atom. The zero-order valence-corrected chi connectivity index (χ0v) is 20.7. The highest BCUT2D eigenvalue weighted by atomic mass is 19.2. The fourth-order valence-corrected chi connectivity index (χ4v) is 4.45. The molecule has 1 amide bonds. The molecule has 1 aliphatic rings. The Morgan fingerprint density at radius 2 is 2.08 bits per heavy atom. The van der Waals surface area contributed by atoms with Gasteiger partial charge < -0.3 is 20.3 Å². The van der Waals surface area contributed by atoms with E-state index in [2.05, 4.69) is 37.5 Å². The van der Waals surface area contributed by atoms with E-state index in [4.69, 9.17) is 4.74 Å². The number of nitrogens with one attached hydrogen (secondary N) is 2. The fourth-order valence-electron chi connectivity index (χ4n) is 4.45. The number of benzene rings is 2. The van der Waals surface area contributed by atoms with Crippen LogP contribution in [0.15, 0.2) is 55.0 Å². The molecule has 1 saturated heterocycles. The van der Waals surface area contributed by atoms with Crippen molar-refractivity contribution in [2.24, 2.45) is 0 Å². The van der Waals surface area contributed by atoms with Crippen LogP contribution in [-0.4, -0.2) is 56.3 Å². The van der Waals surface area contributed by atoms with Gasteiger partial charge in [0.2, 0.25) is 5.91 Å². The molecule has 0 spiro atoms. The van der Waals surface area contributed by atoms with Gasteiger partial charge in [-0.3, -0.25) is 9.48 Å². The molecule has 2 N–H and O–H groups in total. The number of rotatable bonds is 10. The first-order chi connectivity index (χ1) is 18.5. The third-order valence-corrected chi connectivity index (χ3v) is 6.38. The zero-order valence-electron chi connectivity index (χ0n) is 20.7. The predicted molar refractivity (Wildman–Crippen MR) is 140 cm³/mol. The van der Waals surface area contributed by atoms with E-state index in [0.717, 1.165) is 43.1 Å². The molecule has 5 rings (SSSR count). The van der Waals surface area contributed by atoms with Gasteiger partial charge in [0.1, 0.15) is 24.4 Å². The SMILES string of the molecule is [CH2][C@@H]1CCCN1CCCOc1ccc2c(Nc3ccn(CC(=O)Nc4cccc(F)c4F)n3)ncnc2c1. The van der Waals surface area contributed by atoms with Crippen molar-refractivity contribution >= 4 is 34.1 Å². The van der Waals surface area contributed by atoms with E-state index >= 15 is 0 Å². The molecule has 0 unspecified atom stereocenters. The molecule has 1 fully saturated rings. The van der Waals surface area contributed by atoms with Gasteiger partial charge in [0, 0.05) is 36.3 Å². The molecule has 1 atom stereocenters. The molecule has 4 aromatic rings. The Hall–Kier alpha value is -4.12. The van der Waals surface area contributed by atoms with Gasteiger partial charge >= 0.3 is 0 Å². The number of hydrogen-bond acceptors (Lipinski definition) is 7. The fraction of sp³-hybridized carbons (Fsp3) is 0.296. The Balaban J connectivity index is 1.17. The van der Waals surface area contributed by atoms with E-state index in [9.17, 15) is 13.6 Å². The van der Waals surface area contributed by atoms with Crippen LogP contribution in [0.1, 0.15) is 19.3 Å². The Morgan fingerprint density at radius 3 is 2.92 bits per heavy atom. The van der Waals surface area contributed by atoms with Crippen LogP contribution >= 0.6 is 0 Å². The highest BCUT2D eigenvalue weighted by Gasteiger charge is 2.19. The number of anilines is 3. The number of likely N-dealkylation sites (tertiary alicyclic amines) is 1. The highest BCUT2D eigenvalue weighted by Crippen LogP contribution is 2.26. The highest BCUT2D eigenvalue weighted by molar-refractivity contribution is 5.91. The molecule has 0 bridgehead atoms. The summed E-state index contributed by atoms with van der Waals surface area (Å²) >= 11 is 0. The van der Waals surface area contributed by atoms with Crippen LogP contribution in [0.4, 0.5) is 26.1 Å². The summed E-state index contributed by atoms with van der Waals surface area (Å²) in [6.07, 6.45) is 6.35. The van der Waals surface area contributed by atoms with Gasteiger partial charge in [0.05, 0.1) is 17.8 Å². The van der Waals surface area contributed by atoms with Crippen molar-refractivity contribution in [2.75, 3.05) is 30.3 Å². The van der Waals surface area contributed by atoms with Crippen molar-refractivity contribution in [3.05, 3.63) is 73.5 Å². The third-order valence-electron chi connectivity index (χ3n) is 6.38. The normalized spacial score (nSPS) is 15.6. The minimum Gasteiger partial charge on any atom is -0.493 e. The summed E-state index contributed by atoms with van der Waals surface area (Å²) in [5.74, 6) is -0.943. The first-order valence-electron chi connectivity index (χ1n) is 12.5. The number of hydrogen-bond donors (Lipinski definition) is 2. The number of aromatic nitrogens is 4. The average molecular weight is 521 g/mol. The zero-order chi connectivity index (χ0) is 26.5. The molecule has 0 aliphatic carbocycles. The summed E-state index contributed by atoms with van der Waals surface area (Å²) in [6, 6.07) is 11.3. The monoisotopic (exact) mass is 520 g/mol. The molecule has 2 aromatic carbocycles. The third kappa shape index (κ3) is 6.05. The van der Waals surface area contributed by atoms with Crippen LogP contribution in [0.5, 0.6) is 5.75 Å². The first-order valence-corrected chi connectivity index (χ1v) is 12.5. The Bertz CT molecular complexity index is 1430. The number of carbonyl (C=O) groups is 1.